The molecule has 0 aliphatic rings. The van der Waals surface area contributed by atoms with E-state index < -0.39 is 28.5 Å². The topological polar surface area (TPSA) is 86.8 Å². The first kappa shape index (κ1) is 23.9. The third-order valence-corrected chi connectivity index (χ3v) is 6.26. The van der Waals surface area contributed by atoms with Crippen LogP contribution in [0.3, 0.4) is 0 Å². The maximum atomic E-state index is 13.2. The van der Waals surface area contributed by atoms with Gasteiger partial charge in [-0.05, 0) is 37.6 Å². The van der Waals surface area contributed by atoms with Gasteiger partial charge in [-0.1, -0.05) is 51.8 Å². The summed E-state index contributed by atoms with van der Waals surface area (Å²) in [6.07, 6.45) is 1.05. The van der Waals surface area contributed by atoms with Crippen LogP contribution in [0.1, 0.15) is 18.1 Å². The van der Waals surface area contributed by atoms with Gasteiger partial charge in [-0.25, -0.2) is 8.42 Å². The second kappa shape index (κ2) is 10.1. The summed E-state index contributed by atoms with van der Waals surface area (Å²) < 4.78 is 26.6. The van der Waals surface area contributed by atoms with Crippen molar-refractivity contribution >= 4 is 43.5 Å². The van der Waals surface area contributed by atoms with Gasteiger partial charge in [-0.2, -0.15) is 0 Å². The minimum Gasteiger partial charge on any atom is -0.357 e. The molecule has 0 aromatic heterocycles. The zero-order chi connectivity index (χ0) is 22.5. The number of sulfonamides is 1. The fourth-order valence-electron chi connectivity index (χ4n) is 3.04. The molecule has 0 spiro atoms. The molecule has 1 unspecified atom stereocenters. The fourth-order valence-corrected chi connectivity index (χ4v) is 4.27. The lowest BCUT2D eigenvalue weighted by Crippen LogP contribution is -2.50. The average molecular weight is 496 g/mol. The van der Waals surface area contributed by atoms with E-state index in [0.717, 1.165) is 21.7 Å². The third-order valence-electron chi connectivity index (χ3n) is 4.62. The Labute approximate surface area is 186 Å². The maximum Gasteiger partial charge on any atom is 0.244 e. The molecule has 2 rings (SSSR count). The fraction of sp³-hybridized carbons (Fsp3) is 0.333. The van der Waals surface area contributed by atoms with Crippen LogP contribution in [0.4, 0.5) is 5.69 Å². The van der Waals surface area contributed by atoms with Gasteiger partial charge in [0.25, 0.3) is 0 Å². The van der Waals surface area contributed by atoms with Gasteiger partial charge < -0.3 is 10.2 Å². The summed E-state index contributed by atoms with van der Waals surface area (Å²) in [6.45, 7) is 3.33. The van der Waals surface area contributed by atoms with Crippen molar-refractivity contribution in [3.8, 4) is 0 Å². The number of rotatable bonds is 8. The van der Waals surface area contributed by atoms with Crippen molar-refractivity contribution in [3.05, 3.63) is 64.1 Å². The SMILES string of the molecule is CNC(=O)C(C)N(Cc1cccc(C)c1)C(=O)CN(c1cccc(Br)c1)S(C)(=O)=O. The Morgan fingerprint density at radius 3 is 2.37 bits per heavy atom. The first-order valence-corrected chi connectivity index (χ1v) is 12.0. The Kier molecular flexibility index (Phi) is 8.03. The van der Waals surface area contributed by atoms with Gasteiger partial charge >= 0.3 is 0 Å². The third kappa shape index (κ3) is 6.30. The second-order valence-corrected chi connectivity index (χ2v) is 9.87. The van der Waals surface area contributed by atoms with E-state index in [1.165, 1.54) is 11.9 Å². The summed E-state index contributed by atoms with van der Waals surface area (Å²) in [5.41, 5.74) is 2.25. The Hall–Kier alpha value is -2.39. The molecule has 2 amide bonds. The van der Waals surface area contributed by atoms with Crippen LogP contribution in [0.5, 0.6) is 0 Å². The number of nitrogens with zero attached hydrogens (tertiary/aromatic N) is 2. The smallest absolute Gasteiger partial charge is 0.244 e. The number of carbonyl (C=O) groups is 2. The van der Waals surface area contributed by atoms with Gasteiger partial charge in [-0.15, -0.1) is 0 Å². The normalized spacial score (nSPS) is 12.2. The van der Waals surface area contributed by atoms with Crippen molar-refractivity contribution in [1.29, 1.82) is 0 Å². The summed E-state index contributed by atoms with van der Waals surface area (Å²) in [5.74, 6) is -0.803. The molecule has 9 heteroatoms. The Bertz CT molecular complexity index is 1030. The van der Waals surface area contributed by atoms with E-state index in [1.54, 1.807) is 31.2 Å². The number of anilines is 1. The molecule has 7 nitrogen and oxygen atoms in total. The lowest BCUT2D eigenvalue weighted by Gasteiger charge is -2.31. The highest BCUT2D eigenvalue weighted by Crippen LogP contribution is 2.23. The molecule has 0 saturated heterocycles. The van der Waals surface area contributed by atoms with Crippen LogP contribution in [0.15, 0.2) is 53.0 Å². The lowest BCUT2D eigenvalue weighted by atomic mass is 10.1. The molecule has 2 aromatic rings. The second-order valence-electron chi connectivity index (χ2n) is 7.05. The van der Waals surface area contributed by atoms with E-state index in [2.05, 4.69) is 21.2 Å². The number of halogens is 1. The highest BCUT2D eigenvalue weighted by Gasteiger charge is 2.29. The van der Waals surface area contributed by atoms with Gasteiger partial charge in [0, 0.05) is 18.1 Å². The van der Waals surface area contributed by atoms with Crippen molar-refractivity contribution in [1.82, 2.24) is 10.2 Å². The zero-order valence-corrected chi connectivity index (χ0v) is 19.8. The van der Waals surface area contributed by atoms with E-state index in [1.807, 2.05) is 31.2 Å². The first-order valence-electron chi connectivity index (χ1n) is 9.33. The van der Waals surface area contributed by atoms with E-state index in [4.69, 9.17) is 0 Å². The molecule has 0 saturated carbocycles. The van der Waals surface area contributed by atoms with E-state index in [9.17, 15) is 18.0 Å². The molecule has 0 heterocycles. The van der Waals surface area contributed by atoms with Gasteiger partial charge in [0.2, 0.25) is 21.8 Å². The van der Waals surface area contributed by atoms with Crippen LogP contribution in [0, 0.1) is 6.92 Å². The highest BCUT2D eigenvalue weighted by molar-refractivity contribution is 9.10. The molecule has 1 N–H and O–H groups in total. The summed E-state index contributed by atoms with van der Waals surface area (Å²) in [4.78, 5) is 26.9. The van der Waals surface area contributed by atoms with Gasteiger partial charge in [0.1, 0.15) is 12.6 Å². The average Bonchev–Trinajstić information content (AvgIpc) is 2.68. The Balaban J connectivity index is 2.38. The van der Waals surface area contributed by atoms with Gasteiger partial charge in [0.05, 0.1) is 11.9 Å². The predicted molar refractivity (Wildman–Crippen MR) is 122 cm³/mol. The highest BCUT2D eigenvalue weighted by atomic mass is 79.9. The van der Waals surface area contributed by atoms with Crippen LogP contribution in [-0.2, 0) is 26.2 Å². The molecular formula is C21H26BrN3O4S. The Morgan fingerprint density at radius 1 is 1.13 bits per heavy atom. The molecule has 1 atom stereocenters. The van der Waals surface area contributed by atoms with E-state index in [-0.39, 0.29) is 12.5 Å². The molecule has 30 heavy (non-hydrogen) atoms. The van der Waals surface area contributed by atoms with Crippen LogP contribution < -0.4 is 9.62 Å². The monoisotopic (exact) mass is 495 g/mol. The van der Waals surface area contributed by atoms with E-state index >= 15 is 0 Å². The van der Waals surface area contributed by atoms with Crippen molar-refractivity contribution in [2.45, 2.75) is 26.4 Å². The molecule has 162 valence electrons. The summed E-state index contributed by atoms with van der Waals surface area (Å²) in [6, 6.07) is 13.5. The zero-order valence-electron chi connectivity index (χ0n) is 17.4. The summed E-state index contributed by atoms with van der Waals surface area (Å²) in [5, 5.41) is 2.55. The Morgan fingerprint density at radius 2 is 1.80 bits per heavy atom. The van der Waals surface area contributed by atoms with Gasteiger partial charge in [-0.3, -0.25) is 13.9 Å². The van der Waals surface area contributed by atoms with Crippen molar-refractivity contribution < 1.29 is 18.0 Å². The lowest BCUT2D eigenvalue weighted by molar-refractivity contribution is -0.139. The number of benzene rings is 2. The van der Waals surface area contributed by atoms with Crippen LogP contribution >= 0.6 is 15.9 Å². The molecule has 0 aliphatic carbocycles. The minimum atomic E-state index is -3.73. The number of hydrogen-bond acceptors (Lipinski definition) is 4. The number of carbonyl (C=O) groups excluding carboxylic acids is 2. The maximum absolute atomic E-state index is 13.2. The molecular weight excluding hydrogens is 470 g/mol. The number of nitrogens with one attached hydrogen (secondary N) is 1. The molecule has 2 aromatic carbocycles. The first-order chi connectivity index (χ1) is 14.0. The number of amides is 2. The van der Waals surface area contributed by atoms with Crippen LogP contribution in [0.2, 0.25) is 0 Å². The standard InChI is InChI=1S/C21H26BrN3O4S/c1-15-7-5-8-17(11-15)13-24(16(2)21(27)23-3)20(26)14-25(30(4,28)29)19-10-6-9-18(22)12-19/h5-12,16H,13-14H2,1-4H3,(H,23,27). The quantitative estimate of drug-likeness (QED) is 0.609. The molecule has 0 fully saturated rings. The van der Waals surface area contributed by atoms with Gasteiger partial charge in [0.15, 0.2) is 0 Å². The molecule has 0 radical (unpaired) electrons. The van der Waals surface area contributed by atoms with E-state index in [0.29, 0.717) is 10.2 Å². The molecule has 0 aliphatic heterocycles. The van der Waals surface area contributed by atoms with Crippen molar-refractivity contribution in [2.24, 2.45) is 0 Å². The molecule has 0 bridgehead atoms. The van der Waals surface area contributed by atoms with Crippen LogP contribution in [0.25, 0.3) is 0 Å². The number of hydrogen-bond donors (Lipinski definition) is 1. The summed E-state index contributed by atoms with van der Waals surface area (Å²) in [7, 11) is -2.23. The summed E-state index contributed by atoms with van der Waals surface area (Å²) >= 11 is 3.33. The van der Waals surface area contributed by atoms with Crippen LogP contribution in [-0.4, -0.2) is 51.0 Å². The largest absolute Gasteiger partial charge is 0.357 e. The number of likely N-dealkylation sites (N-methyl/N-ethyl adjacent to an activating group) is 1. The minimum absolute atomic E-state index is 0.186. The predicted octanol–water partition coefficient (Wildman–Crippen LogP) is 2.69. The van der Waals surface area contributed by atoms with Crippen molar-refractivity contribution in [3.63, 3.8) is 0 Å². The van der Waals surface area contributed by atoms with Crippen molar-refractivity contribution in [2.75, 3.05) is 24.2 Å². The number of aryl methyl sites for hydroxylation is 1.